The van der Waals surface area contributed by atoms with Crippen LogP contribution in [-0.2, 0) is 6.42 Å². The van der Waals surface area contributed by atoms with Crippen molar-refractivity contribution in [2.45, 2.75) is 71.3 Å². The number of rotatable bonds is 1. The molecule has 2 nitrogen and oxygen atoms in total. The van der Waals surface area contributed by atoms with Crippen LogP contribution in [0.25, 0.3) is 11.1 Å². The molecule has 3 aliphatic carbocycles. The molecule has 5 atom stereocenters. The Morgan fingerprint density at radius 2 is 1.71 bits per heavy atom. The Morgan fingerprint density at radius 3 is 2.46 bits per heavy atom. The Balaban J connectivity index is 1.67. The third kappa shape index (κ3) is 2.37. The number of phenolic OH excluding ortho intramolecular Hbond substituents is 1. The van der Waals surface area contributed by atoms with Crippen molar-refractivity contribution in [1.29, 1.82) is 0 Å². The van der Waals surface area contributed by atoms with Crippen molar-refractivity contribution in [3.05, 3.63) is 52.6 Å². The third-order valence-electron chi connectivity index (χ3n) is 8.73. The van der Waals surface area contributed by atoms with Crippen molar-refractivity contribution in [3.63, 3.8) is 0 Å². The second kappa shape index (κ2) is 6.35. The second-order valence-electron chi connectivity index (χ2n) is 9.79. The highest BCUT2D eigenvalue weighted by molar-refractivity contribution is 5.78. The van der Waals surface area contributed by atoms with Crippen LogP contribution in [-0.4, -0.2) is 16.3 Å². The number of phenols is 1. The zero-order valence-electron chi connectivity index (χ0n) is 17.3. The Morgan fingerprint density at radius 1 is 0.964 bits per heavy atom. The lowest BCUT2D eigenvalue weighted by molar-refractivity contribution is -0.0226. The van der Waals surface area contributed by atoms with E-state index in [-0.39, 0.29) is 11.5 Å². The van der Waals surface area contributed by atoms with Gasteiger partial charge in [0.2, 0.25) is 0 Å². The molecular weight excluding hydrogens is 344 g/mol. The zero-order chi connectivity index (χ0) is 19.6. The molecule has 0 aliphatic heterocycles. The Labute approximate surface area is 168 Å². The van der Waals surface area contributed by atoms with E-state index < -0.39 is 0 Å². The summed E-state index contributed by atoms with van der Waals surface area (Å²) < 4.78 is 0. The minimum absolute atomic E-state index is 0.112. The fourth-order valence-electron chi connectivity index (χ4n) is 7.08. The van der Waals surface area contributed by atoms with Gasteiger partial charge in [-0.15, -0.1) is 0 Å². The zero-order valence-corrected chi connectivity index (χ0v) is 17.3. The minimum Gasteiger partial charge on any atom is -0.507 e. The average Bonchev–Trinajstić information content (AvgIpc) is 3.01. The molecule has 0 spiro atoms. The highest BCUT2D eigenvalue weighted by Crippen LogP contribution is 2.62. The van der Waals surface area contributed by atoms with E-state index in [9.17, 15) is 10.2 Å². The van der Waals surface area contributed by atoms with E-state index in [1.165, 1.54) is 36.0 Å². The Hall–Kier alpha value is -1.80. The normalized spacial score (nSPS) is 33.9. The molecule has 2 heteroatoms. The molecule has 0 saturated heterocycles. The first-order valence-corrected chi connectivity index (χ1v) is 11.0. The van der Waals surface area contributed by atoms with E-state index in [2.05, 4.69) is 45.0 Å². The van der Waals surface area contributed by atoms with Gasteiger partial charge in [0.1, 0.15) is 5.75 Å². The molecule has 0 aromatic heterocycles. The van der Waals surface area contributed by atoms with Crippen LogP contribution in [0.3, 0.4) is 0 Å². The summed E-state index contributed by atoms with van der Waals surface area (Å²) in [5.74, 6) is 2.37. The van der Waals surface area contributed by atoms with Gasteiger partial charge in [-0.05, 0) is 103 Å². The predicted octanol–water partition coefficient (Wildman–Crippen LogP) is 5.89. The molecule has 2 aromatic rings. The van der Waals surface area contributed by atoms with E-state index in [4.69, 9.17) is 0 Å². The number of aromatic hydroxyl groups is 1. The monoisotopic (exact) mass is 376 g/mol. The third-order valence-corrected chi connectivity index (χ3v) is 8.73. The first-order chi connectivity index (χ1) is 13.4. The molecule has 148 valence electrons. The van der Waals surface area contributed by atoms with Gasteiger partial charge in [-0.25, -0.2) is 0 Å². The molecule has 0 unspecified atom stereocenters. The number of hydrogen-bond donors (Lipinski definition) is 2. The van der Waals surface area contributed by atoms with Crippen molar-refractivity contribution >= 4 is 0 Å². The lowest BCUT2D eigenvalue weighted by Gasteiger charge is -2.51. The molecule has 2 aromatic carbocycles. The second-order valence-corrected chi connectivity index (χ2v) is 9.79. The Bertz CT molecular complexity index is 916. The highest BCUT2D eigenvalue weighted by Gasteiger charge is 2.54. The van der Waals surface area contributed by atoms with Crippen molar-refractivity contribution in [2.24, 2.45) is 17.3 Å². The SMILES string of the molecule is Cc1c(C)c2c(c(-c3ccccc3)c1O)CC[C@@H]1[C@@H]2CC[C@]2(C)[C@@H](O)CC[C@@H]12. The van der Waals surface area contributed by atoms with E-state index >= 15 is 0 Å². The van der Waals surface area contributed by atoms with Crippen LogP contribution in [0.1, 0.15) is 67.2 Å². The number of aliphatic hydroxyl groups excluding tert-OH is 1. The van der Waals surface area contributed by atoms with Gasteiger partial charge in [0.05, 0.1) is 6.10 Å². The summed E-state index contributed by atoms with van der Waals surface area (Å²) in [6.07, 6.45) is 6.54. The maximum absolute atomic E-state index is 11.1. The predicted molar refractivity (Wildman–Crippen MR) is 114 cm³/mol. The van der Waals surface area contributed by atoms with E-state index in [0.717, 1.165) is 36.0 Å². The maximum Gasteiger partial charge on any atom is 0.126 e. The first kappa shape index (κ1) is 18.2. The van der Waals surface area contributed by atoms with Crippen LogP contribution >= 0.6 is 0 Å². The van der Waals surface area contributed by atoms with Gasteiger partial charge in [-0.3, -0.25) is 0 Å². The topological polar surface area (TPSA) is 40.5 Å². The summed E-state index contributed by atoms with van der Waals surface area (Å²) in [7, 11) is 0. The summed E-state index contributed by atoms with van der Waals surface area (Å²) in [6.45, 7) is 6.63. The van der Waals surface area contributed by atoms with Crippen LogP contribution in [0.2, 0.25) is 0 Å². The molecule has 0 radical (unpaired) electrons. The summed E-state index contributed by atoms with van der Waals surface area (Å²) >= 11 is 0. The van der Waals surface area contributed by atoms with Crippen molar-refractivity contribution < 1.29 is 10.2 Å². The number of hydrogen-bond acceptors (Lipinski definition) is 2. The highest BCUT2D eigenvalue weighted by atomic mass is 16.3. The maximum atomic E-state index is 11.1. The molecule has 3 aliphatic rings. The largest absolute Gasteiger partial charge is 0.507 e. The lowest BCUT2D eigenvalue weighted by Crippen LogP contribution is -2.44. The number of aliphatic hydroxyl groups is 1. The van der Waals surface area contributed by atoms with Gasteiger partial charge in [0, 0.05) is 5.56 Å². The fraction of sp³-hybridized carbons (Fsp3) is 0.538. The van der Waals surface area contributed by atoms with Gasteiger partial charge < -0.3 is 10.2 Å². The number of benzene rings is 2. The van der Waals surface area contributed by atoms with Crippen LogP contribution < -0.4 is 0 Å². The average molecular weight is 377 g/mol. The molecule has 0 heterocycles. The molecule has 2 N–H and O–H groups in total. The van der Waals surface area contributed by atoms with Crippen LogP contribution in [0.15, 0.2) is 30.3 Å². The molecule has 0 amide bonds. The van der Waals surface area contributed by atoms with Gasteiger partial charge in [-0.2, -0.15) is 0 Å². The van der Waals surface area contributed by atoms with Crippen molar-refractivity contribution in [1.82, 2.24) is 0 Å². The van der Waals surface area contributed by atoms with E-state index in [1.54, 1.807) is 0 Å². The summed E-state index contributed by atoms with van der Waals surface area (Å²) in [5, 5.41) is 21.7. The smallest absolute Gasteiger partial charge is 0.126 e. The quantitative estimate of drug-likeness (QED) is 0.651. The molecule has 2 fully saturated rings. The standard InChI is InChI=1S/C26H32O2/c1-15-16(2)25(28)24(17-7-5-4-6-8-17)20-10-9-18-19(23(15)20)13-14-26(3)21(18)11-12-22(26)27/h4-8,18-19,21-22,27-28H,9-14H2,1-3H3/t18-,19+,21+,22+,26+/m1/s1. The lowest BCUT2D eigenvalue weighted by atomic mass is 9.54. The van der Waals surface area contributed by atoms with Crippen LogP contribution in [0.4, 0.5) is 0 Å². The summed E-state index contributed by atoms with van der Waals surface area (Å²) in [6, 6.07) is 10.4. The van der Waals surface area contributed by atoms with Crippen molar-refractivity contribution in [3.8, 4) is 16.9 Å². The van der Waals surface area contributed by atoms with Gasteiger partial charge in [-0.1, -0.05) is 37.3 Å². The van der Waals surface area contributed by atoms with E-state index in [1.807, 2.05) is 6.07 Å². The van der Waals surface area contributed by atoms with Crippen LogP contribution in [0.5, 0.6) is 5.75 Å². The molecule has 28 heavy (non-hydrogen) atoms. The van der Waals surface area contributed by atoms with E-state index in [0.29, 0.717) is 23.5 Å². The molecule has 0 bridgehead atoms. The molecule has 2 saturated carbocycles. The summed E-state index contributed by atoms with van der Waals surface area (Å²) in [4.78, 5) is 0. The van der Waals surface area contributed by atoms with Gasteiger partial charge in [0.15, 0.2) is 0 Å². The summed E-state index contributed by atoms with van der Waals surface area (Å²) in [5.41, 5.74) is 7.55. The molecule has 5 rings (SSSR count). The van der Waals surface area contributed by atoms with Crippen LogP contribution in [0, 0.1) is 31.1 Å². The molecular formula is C26H32O2. The number of fused-ring (bicyclic) bond motifs is 5. The van der Waals surface area contributed by atoms with Crippen molar-refractivity contribution in [2.75, 3.05) is 0 Å². The first-order valence-electron chi connectivity index (χ1n) is 11.0. The Kier molecular flexibility index (Phi) is 4.14. The van der Waals surface area contributed by atoms with Gasteiger partial charge >= 0.3 is 0 Å². The minimum atomic E-state index is -0.123. The van der Waals surface area contributed by atoms with Gasteiger partial charge in [0.25, 0.3) is 0 Å². The fourth-order valence-corrected chi connectivity index (χ4v) is 7.08.